The molecule has 21 heavy (non-hydrogen) atoms. The lowest BCUT2D eigenvalue weighted by molar-refractivity contribution is -0.137. The summed E-state index contributed by atoms with van der Waals surface area (Å²) in [6.45, 7) is 5.88. The number of alkyl halides is 3. The van der Waals surface area contributed by atoms with Gasteiger partial charge in [-0.05, 0) is 24.6 Å². The molecule has 1 aliphatic rings. The molecule has 118 valence electrons. The van der Waals surface area contributed by atoms with Crippen LogP contribution in [0.5, 0.6) is 0 Å². The van der Waals surface area contributed by atoms with Gasteiger partial charge in [-0.1, -0.05) is 13.0 Å². The zero-order valence-corrected chi connectivity index (χ0v) is 12.2. The molecule has 1 saturated heterocycles. The van der Waals surface area contributed by atoms with E-state index < -0.39 is 11.7 Å². The van der Waals surface area contributed by atoms with Crippen molar-refractivity contribution in [2.75, 3.05) is 37.6 Å². The molecule has 1 unspecified atom stereocenters. The number of hydrogen-bond donors (Lipinski definition) is 1. The molecular weight excluding hydrogens is 279 g/mol. The van der Waals surface area contributed by atoms with E-state index >= 15 is 0 Å². The molecule has 2 rings (SSSR count). The zero-order valence-electron chi connectivity index (χ0n) is 12.2. The second kappa shape index (κ2) is 6.66. The van der Waals surface area contributed by atoms with Crippen molar-refractivity contribution in [1.82, 2.24) is 4.90 Å². The average molecular weight is 301 g/mol. The lowest BCUT2D eigenvalue weighted by Crippen LogP contribution is -2.52. The van der Waals surface area contributed by atoms with E-state index in [1.165, 1.54) is 12.1 Å². The number of anilines is 1. The summed E-state index contributed by atoms with van der Waals surface area (Å²) in [4.78, 5) is 4.33. The molecule has 1 fully saturated rings. The molecule has 1 atom stereocenters. The van der Waals surface area contributed by atoms with E-state index in [4.69, 9.17) is 5.73 Å². The lowest BCUT2D eigenvalue weighted by Gasteiger charge is -2.39. The third-order valence-electron chi connectivity index (χ3n) is 4.11. The molecule has 0 radical (unpaired) electrons. The highest BCUT2D eigenvalue weighted by atomic mass is 19.4. The summed E-state index contributed by atoms with van der Waals surface area (Å²) in [6.07, 6.45) is -3.29. The summed E-state index contributed by atoms with van der Waals surface area (Å²) < 4.78 is 38.3. The van der Waals surface area contributed by atoms with Crippen molar-refractivity contribution < 1.29 is 13.2 Å². The van der Waals surface area contributed by atoms with Gasteiger partial charge >= 0.3 is 6.18 Å². The van der Waals surface area contributed by atoms with Gasteiger partial charge in [-0.15, -0.1) is 0 Å². The first-order chi connectivity index (χ1) is 9.95. The topological polar surface area (TPSA) is 32.5 Å². The van der Waals surface area contributed by atoms with E-state index in [0.717, 1.165) is 38.7 Å². The Kier molecular flexibility index (Phi) is 5.11. The molecule has 0 spiro atoms. The average Bonchev–Trinajstić information content (AvgIpc) is 2.48. The van der Waals surface area contributed by atoms with E-state index in [1.54, 1.807) is 6.07 Å². The number of hydrogen-bond acceptors (Lipinski definition) is 3. The predicted octanol–water partition coefficient (Wildman–Crippen LogP) is 2.56. The Morgan fingerprint density at radius 1 is 1.19 bits per heavy atom. The molecule has 0 aliphatic carbocycles. The van der Waals surface area contributed by atoms with Gasteiger partial charge in [0.2, 0.25) is 0 Å². The van der Waals surface area contributed by atoms with Crippen LogP contribution in [0, 0.1) is 0 Å². The van der Waals surface area contributed by atoms with Crippen molar-refractivity contribution in [1.29, 1.82) is 0 Å². The van der Waals surface area contributed by atoms with Gasteiger partial charge in [0, 0.05) is 44.5 Å². The third kappa shape index (κ3) is 3.89. The van der Waals surface area contributed by atoms with Gasteiger partial charge in [0.1, 0.15) is 0 Å². The summed E-state index contributed by atoms with van der Waals surface area (Å²) in [5, 5.41) is 0. The summed E-state index contributed by atoms with van der Waals surface area (Å²) in [5.74, 6) is 0. The number of nitrogens with zero attached hydrogens (tertiary/aromatic N) is 2. The minimum Gasteiger partial charge on any atom is -0.369 e. The summed E-state index contributed by atoms with van der Waals surface area (Å²) in [6, 6.07) is 5.93. The van der Waals surface area contributed by atoms with Crippen LogP contribution in [0.25, 0.3) is 0 Å². The van der Waals surface area contributed by atoms with E-state index in [-0.39, 0.29) is 0 Å². The first-order valence-electron chi connectivity index (χ1n) is 7.32. The number of halogens is 3. The van der Waals surface area contributed by atoms with Crippen LogP contribution in [0.1, 0.15) is 18.9 Å². The van der Waals surface area contributed by atoms with Crippen molar-refractivity contribution >= 4 is 5.69 Å². The van der Waals surface area contributed by atoms with E-state index in [1.807, 2.05) is 4.90 Å². The van der Waals surface area contributed by atoms with Gasteiger partial charge in [0.25, 0.3) is 0 Å². The molecule has 1 aliphatic heterocycles. The molecule has 6 heteroatoms. The normalized spacial score (nSPS) is 18.8. The summed E-state index contributed by atoms with van der Waals surface area (Å²) in [5.41, 5.74) is 5.80. The van der Waals surface area contributed by atoms with Crippen LogP contribution in [0.15, 0.2) is 24.3 Å². The fourth-order valence-corrected chi connectivity index (χ4v) is 2.80. The highest BCUT2D eigenvalue weighted by Crippen LogP contribution is 2.31. The summed E-state index contributed by atoms with van der Waals surface area (Å²) >= 11 is 0. The molecule has 1 heterocycles. The van der Waals surface area contributed by atoms with Crippen molar-refractivity contribution in [3.05, 3.63) is 29.8 Å². The van der Waals surface area contributed by atoms with Crippen LogP contribution in [-0.4, -0.2) is 43.7 Å². The maximum Gasteiger partial charge on any atom is 0.416 e. The molecule has 1 aromatic carbocycles. The largest absolute Gasteiger partial charge is 0.416 e. The molecule has 1 aromatic rings. The second-order valence-electron chi connectivity index (χ2n) is 5.37. The molecule has 0 bridgehead atoms. The standard InChI is InChI=1S/C15H22F3N3/c1-2-13(11-19)20-6-8-21(9-7-20)14-5-3-4-12(10-14)15(16,17)18/h3-5,10,13H,2,6-9,11,19H2,1H3. The molecule has 2 N–H and O–H groups in total. The monoisotopic (exact) mass is 301 g/mol. The predicted molar refractivity (Wildman–Crippen MR) is 78.4 cm³/mol. The Bertz CT molecular complexity index is 450. The molecule has 0 amide bonds. The van der Waals surface area contributed by atoms with Crippen LogP contribution in [0.3, 0.4) is 0 Å². The minimum atomic E-state index is -4.29. The maximum absolute atomic E-state index is 12.8. The SMILES string of the molecule is CCC(CN)N1CCN(c2cccc(C(F)(F)F)c2)CC1. The van der Waals surface area contributed by atoms with Crippen molar-refractivity contribution in [3.63, 3.8) is 0 Å². The molecule has 3 nitrogen and oxygen atoms in total. The Balaban J connectivity index is 2.02. The molecule has 0 aromatic heterocycles. The third-order valence-corrected chi connectivity index (χ3v) is 4.11. The second-order valence-corrected chi connectivity index (χ2v) is 5.37. The first kappa shape index (κ1) is 16.1. The molecule has 0 saturated carbocycles. The highest BCUT2D eigenvalue weighted by Gasteiger charge is 2.31. The lowest BCUT2D eigenvalue weighted by atomic mass is 10.1. The smallest absolute Gasteiger partial charge is 0.369 e. The van der Waals surface area contributed by atoms with Crippen LogP contribution in [-0.2, 0) is 6.18 Å². The van der Waals surface area contributed by atoms with E-state index in [2.05, 4.69) is 11.8 Å². The number of benzene rings is 1. The van der Waals surface area contributed by atoms with Crippen molar-refractivity contribution in [2.45, 2.75) is 25.6 Å². The van der Waals surface area contributed by atoms with Gasteiger partial charge in [0.05, 0.1) is 5.56 Å². The fraction of sp³-hybridized carbons (Fsp3) is 0.600. The Hall–Kier alpha value is -1.27. The van der Waals surface area contributed by atoms with Gasteiger partial charge in [-0.3, -0.25) is 4.90 Å². The van der Waals surface area contributed by atoms with Crippen LogP contribution < -0.4 is 10.6 Å². The first-order valence-corrected chi connectivity index (χ1v) is 7.32. The van der Waals surface area contributed by atoms with Crippen molar-refractivity contribution in [3.8, 4) is 0 Å². The van der Waals surface area contributed by atoms with Crippen molar-refractivity contribution in [2.24, 2.45) is 5.73 Å². The van der Waals surface area contributed by atoms with E-state index in [9.17, 15) is 13.2 Å². The fourth-order valence-electron chi connectivity index (χ4n) is 2.80. The van der Waals surface area contributed by atoms with Gasteiger partial charge in [-0.2, -0.15) is 13.2 Å². The van der Waals surface area contributed by atoms with Crippen LogP contribution in [0.2, 0.25) is 0 Å². The Morgan fingerprint density at radius 3 is 2.38 bits per heavy atom. The van der Waals surface area contributed by atoms with E-state index in [0.29, 0.717) is 18.3 Å². The van der Waals surface area contributed by atoms with Crippen LogP contribution >= 0.6 is 0 Å². The van der Waals surface area contributed by atoms with Crippen LogP contribution in [0.4, 0.5) is 18.9 Å². The number of piperazine rings is 1. The Morgan fingerprint density at radius 2 is 1.86 bits per heavy atom. The molecular formula is C15H22F3N3. The minimum absolute atomic E-state index is 0.369. The highest BCUT2D eigenvalue weighted by molar-refractivity contribution is 5.49. The Labute approximate surface area is 123 Å². The van der Waals surface area contributed by atoms with Gasteiger partial charge in [-0.25, -0.2) is 0 Å². The number of rotatable bonds is 4. The maximum atomic E-state index is 12.8. The zero-order chi connectivity index (χ0) is 15.5. The number of nitrogens with two attached hydrogens (primary N) is 1. The van der Waals surface area contributed by atoms with Gasteiger partial charge < -0.3 is 10.6 Å². The quantitative estimate of drug-likeness (QED) is 0.928. The van der Waals surface area contributed by atoms with Gasteiger partial charge in [0.15, 0.2) is 0 Å². The summed E-state index contributed by atoms with van der Waals surface area (Å²) in [7, 11) is 0.